The summed E-state index contributed by atoms with van der Waals surface area (Å²) < 4.78 is 0. The second-order valence-electron chi connectivity index (χ2n) is 4.47. The maximum Gasteiger partial charge on any atom is 0.326 e. The van der Waals surface area contributed by atoms with Crippen molar-refractivity contribution < 1.29 is 19.8 Å². The molecule has 0 aliphatic carbocycles. The molecule has 0 radical (unpaired) electrons. The lowest BCUT2D eigenvalue weighted by Crippen LogP contribution is -2.46. The normalized spacial score (nSPS) is 22.5. The maximum atomic E-state index is 12.1. The van der Waals surface area contributed by atoms with E-state index in [1.165, 1.54) is 18.3 Å². The molecule has 0 saturated carbocycles. The SMILES string of the molecule is CN(Cc1ncn[nH]1)C(=O)N1CC(O)CC1C(=O)O. The highest BCUT2D eigenvalue weighted by Gasteiger charge is 2.40. The average Bonchev–Trinajstić information content (AvgIpc) is 2.97. The summed E-state index contributed by atoms with van der Waals surface area (Å²) in [6.07, 6.45) is 0.577. The van der Waals surface area contributed by atoms with Gasteiger partial charge in [-0.1, -0.05) is 0 Å². The Morgan fingerprint density at radius 1 is 1.63 bits per heavy atom. The van der Waals surface area contributed by atoms with Crippen LogP contribution < -0.4 is 0 Å². The van der Waals surface area contributed by atoms with Gasteiger partial charge in [-0.25, -0.2) is 14.6 Å². The van der Waals surface area contributed by atoms with Crippen LogP contribution in [0.1, 0.15) is 12.2 Å². The molecule has 19 heavy (non-hydrogen) atoms. The number of H-pyrrole nitrogens is 1. The summed E-state index contributed by atoms with van der Waals surface area (Å²) in [6.45, 7) is 0.217. The van der Waals surface area contributed by atoms with Crippen LogP contribution in [0, 0.1) is 0 Å². The Morgan fingerprint density at radius 2 is 2.37 bits per heavy atom. The summed E-state index contributed by atoms with van der Waals surface area (Å²) in [5.41, 5.74) is 0. The number of amides is 2. The molecule has 104 valence electrons. The van der Waals surface area contributed by atoms with Gasteiger partial charge in [0.25, 0.3) is 0 Å². The first-order valence-corrected chi connectivity index (χ1v) is 5.76. The van der Waals surface area contributed by atoms with Gasteiger partial charge < -0.3 is 20.0 Å². The van der Waals surface area contributed by atoms with Gasteiger partial charge in [0.1, 0.15) is 18.2 Å². The molecule has 2 unspecified atom stereocenters. The smallest absolute Gasteiger partial charge is 0.326 e. The van der Waals surface area contributed by atoms with E-state index in [4.69, 9.17) is 5.11 Å². The van der Waals surface area contributed by atoms with E-state index in [9.17, 15) is 14.7 Å². The van der Waals surface area contributed by atoms with Crippen LogP contribution >= 0.6 is 0 Å². The number of aliphatic hydroxyl groups is 1. The minimum atomic E-state index is -1.11. The van der Waals surface area contributed by atoms with Crippen LogP contribution in [0.5, 0.6) is 0 Å². The summed E-state index contributed by atoms with van der Waals surface area (Å²) >= 11 is 0. The number of carboxylic acids is 1. The van der Waals surface area contributed by atoms with E-state index in [0.29, 0.717) is 5.82 Å². The van der Waals surface area contributed by atoms with Crippen molar-refractivity contribution in [3.05, 3.63) is 12.2 Å². The van der Waals surface area contributed by atoms with Crippen LogP contribution in [0.2, 0.25) is 0 Å². The molecule has 3 N–H and O–H groups in total. The van der Waals surface area contributed by atoms with Crippen LogP contribution in [-0.4, -0.2) is 72.9 Å². The van der Waals surface area contributed by atoms with Gasteiger partial charge in [0.15, 0.2) is 0 Å². The predicted molar refractivity (Wildman–Crippen MR) is 62.0 cm³/mol. The molecular weight excluding hydrogens is 254 g/mol. The van der Waals surface area contributed by atoms with E-state index in [0.717, 1.165) is 4.90 Å². The van der Waals surface area contributed by atoms with Gasteiger partial charge in [0.05, 0.1) is 12.6 Å². The Hall–Kier alpha value is -2.16. The summed E-state index contributed by atoms with van der Waals surface area (Å²) in [7, 11) is 1.54. The van der Waals surface area contributed by atoms with Crippen molar-refractivity contribution in [3.63, 3.8) is 0 Å². The second-order valence-corrected chi connectivity index (χ2v) is 4.47. The quantitative estimate of drug-likeness (QED) is 0.638. The maximum absolute atomic E-state index is 12.1. The van der Waals surface area contributed by atoms with E-state index < -0.39 is 24.1 Å². The number of nitrogens with one attached hydrogen (secondary N) is 1. The minimum Gasteiger partial charge on any atom is -0.480 e. The Bertz CT molecular complexity index is 462. The molecule has 0 spiro atoms. The summed E-state index contributed by atoms with van der Waals surface area (Å²) in [4.78, 5) is 29.6. The summed E-state index contributed by atoms with van der Waals surface area (Å²) in [6, 6.07) is -1.44. The van der Waals surface area contributed by atoms with Crippen molar-refractivity contribution in [1.82, 2.24) is 25.0 Å². The molecular formula is C10H15N5O4. The standard InChI is InChI=1S/C10H15N5O4/c1-14(4-8-11-5-12-13-8)10(19)15-3-6(16)2-7(15)9(17)18/h5-7,16H,2-4H2,1H3,(H,17,18)(H,11,12,13). The Kier molecular flexibility index (Phi) is 3.65. The monoisotopic (exact) mass is 269 g/mol. The third kappa shape index (κ3) is 2.81. The molecule has 9 nitrogen and oxygen atoms in total. The Morgan fingerprint density at radius 3 is 2.95 bits per heavy atom. The van der Waals surface area contributed by atoms with Crippen molar-refractivity contribution in [1.29, 1.82) is 0 Å². The lowest BCUT2D eigenvalue weighted by molar-refractivity contribution is -0.141. The number of urea groups is 1. The number of nitrogens with zero attached hydrogens (tertiary/aromatic N) is 4. The molecule has 2 rings (SSSR count). The van der Waals surface area contributed by atoms with Gasteiger partial charge in [0.2, 0.25) is 0 Å². The van der Waals surface area contributed by atoms with Gasteiger partial charge in [-0.2, -0.15) is 5.10 Å². The molecule has 2 heterocycles. The van der Waals surface area contributed by atoms with Crippen LogP contribution in [0.4, 0.5) is 4.79 Å². The zero-order chi connectivity index (χ0) is 14.0. The van der Waals surface area contributed by atoms with Crippen LogP contribution in [0.25, 0.3) is 0 Å². The van der Waals surface area contributed by atoms with Crippen LogP contribution in [0.3, 0.4) is 0 Å². The number of aromatic nitrogens is 3. The number of carbonyl (C=O) groups excluding carboxylic acids is 1. The molecule has 9 heteroatoms. The van der Waals surface area contributed by atoms with Crippen LogP contribution in [-0.2, 0) is 11.3 Å². The fraction of sp³-hybridized carbons (Fsp3) is 0.600. The number of aliphatic carboxylic acids is 1. The number of rotatable bonds is 3. The number of aromatic amines is 1. The zero-order valence-corrected chi connectivity index (χ0v) is 10.4. The first-order chi connectivity index (χ1) is 8.99. The van der Waals surface area contributed by atoms with Crippen molar-refractivity contribution >= 4 is 12.0 Å². The van der Waals surface area contributed by atoms with Gasteiger partial charge in [-0.05, 0) is 0 Å². The highest BCUT2D eigenvalue weighted by atomic mass is 16.4. The summed E-state index contributed by atoms with van der Waals surface area (Å²) in [5.74, 6) is -0.611. The van der Waals surface area contributed by atoms with Gasteiger partial charge in [0, 0.05) is 20.0 Å². The number of likely N-dealkylation sites (tertiary alicyclic amines) is 1. The van der Waals surface area contributed by atoms with E-state index in [1.54, 1.807) is 0 Å². The highest BCUT2D eigenvalue weighted by Crippen LogP contribution is 2.20. The first-order valence-electron chi connectivity index (χ1n) is 5.76. The van der Waals surface area contributed by atoms with Crippen LogP contribution in [0.15, 0.2) is 6.33 Å². The van der Waals surface area contributed by atoms with Crippen molar-refractivity contribution in [3.8, 4) is 0 Å². The molecule has 1 fully saturated rings. The van der Waals surface area contributed by atoms with Gasteiger partial charge in [-0.3, -0.25) is 5.10 Å². The number of carboxylic acid groups (broad SMARTS) is 1. The topological polar surface area (TPSA) is 123 Å². The Balaban J connectivity index is 2.03. The molecule has 2 amide bonds. The molecule has 1 aliphatic rings. The highest BCUT2D eigenvalue weighted by molar-refractivity contribution is 5.83. The minimum absolute atomic E-state index is 0.0243. The fourth-order valence-corrected chi connectivity index (χ4v) is 2.08. The van der Waals surface area contributed by atoms with Crippen molar-refractivity contribution in [2.45, 2.75) is 25.1 Å². The summed E-state index contributed by atoms with van der Waals surface area (Å²) in [5, 5.41) is 24.8. The van der Waals surface area contributed by atoms with E-state index >= 15 is 0 Å². The third-order valence-electron chi connectivity index (χ3n) is 2.99. The average molecular weight is 269 g/mol. The molecule has 0 bridgehead atoms. The lowest BCUT2D eigenvalue weighted by Gasteiger charge is -2.26. The van der Waals surface area contributed by atoms with Crippen molar-refractivity contribution in [2.75, 3.05) is 13.6 Å². The van der Waals surface area contributed by atoms with Crippen molar-refractivity contribution in [2.24, 2.45) is 0 Å². The van der Waals surface area contributed by atoms with Gasteiger partial charge in [-0.15, -0.1) is 0 Å². The number of β-amino-alcohol motifs (C(OH)–C–C–N with tert-alkyl or cyclic N) is 1. The fourth-order valence-electron chi connectivity index (χ4n) is 2.08. The second kappa shape index (κ2) is 5.22. The van der Waals surface area contributed by atoms with Gasteiger partial charge >= 0.3 is 12.0 Å². The largest absolute Gasteiger partial charge is 0.480 e. The number of hydrogen-bond donors (Lipinski definition) is 3. The Labute approximate surface area is 108 Å². The van der Waals surface area contributed by atoms with E-state index in [-0.39, 0.29) is 19.5 Å². The predicted octanol–water partition coefficient (Wildman–Crippen LogP) is -1.12. The first kappa shape index (κ1) is 13.3. The van der Waals surface area contributed by atoms with E-state index in [2.05, 4.69) is 15.2 Å². The van der Waals surface area contributed by atoms with E-state index in [1.807, 2.05) is 0 Å². The lowest BCUT2D eigenvalue weighted by atomic mass is 10.2. The molecule has 0 aromatic carbocycles. The molecule has 1 aromatic rings. The zero-order valence-electron chi connectivity index (χ0n) is 10.4. The third-order valence-corrected chi connectivity index (χ3v) is 2.99. The molecule has 1 aromatic heterocycles. The number of carbonyl (C=O) groups is 2. The molecule has 1 saturated heterocycles. The number of aliphatic hydroxyl groups excluding tert-OH is 1. The molecule has 2 atom stereocenters. The number of hydrogen-bond acceptors (Lipinski definition) is 5. The molecule has 1 aliphatic heterocycles.